The van der Waals surface area contributed by atoms with Crippen molar-refractivity contribution >= 4 is 28.3 Å². The van der Waals surface area contributed by atoms with Gasteiger partial charge in [-0.2, -0.15) is 5.10 Å². The molecule has 0 unspecified atom stereocenters. The van der Waals surface area contributed by atoms with Crippen LogP contribution in [-0.2, 0) is 11.8 Å². The number of aromatic amines is 1. The molecule has 1 saturated heterocycles. The van der Waals surface area contributed by atoms with Crippen LogP contribution in [0.5, 0.6) is 0 Å². The number of pyridine rings is 1. The Bertz CT molecular complexity index is 1800. The SMILES string of the molecule is C=CC(=O)Nc1cc(-c2c(-c3ccc(N4CCN(C)[C@H](C)C4)cc3)[nH]c3ncc(-c4cnn(C)c4C)cc23)ccc1C. The molecule has 2 aromatic carbocycles. The molecule has 8 heteroatoms. The number of rotatable bonds is 6. The van der Waals surface area contributed by atoms with E-state index in [2.05, 4.69) is 89.1 Å². The first-order valence-electron chi connectivity index (χ1n) is 14.3. The standard InChI is InChI=1S/C34H37N7O/c1-7-31(42)37-30-17-25(9-8-21(30)2)32-28-16-26(29-19-36-40(6)23(29)4)18-35-34(28)38-33(32)24-10-12-27(13-11-24)41-15-14-39(5)22(3)20-41/h7-13,16-19,22H,1,14-15,20H2,2-6H3,(H,35,38)(H,37,42)/t22-/m1/s1. The van der Waals surface area contributed by atoms with E-state index in [1.807, 2.05) is 43.2 Å². The van der Waals surface area contributed by atoms with Gasteiger partial charge in [-0.3, -0.25) is 9.48 Å². The molecule has 4 heterocycles. The Labute approximate surface area is 246 Å². The molecular weight excluding hydrogens is 522 g/mol. The number of amides is 1. The minimum atomic E-state index is -0.237. The number of aryl methyl sites for hydroxylation is 2. The topological polar surface area (TPSA) is 82.1 Å². The molecular formula is C34H37N7O. The fourth-order valence-electron chi connectivity index (χ4n) is 5.73. The van der Waals surface area contributed by atoms with E-state index in [4.69, 9.17) is 4.98 Å². The summed E-state index contributed by atoms with van der Waals surface area (Å²) >= 11 is 0. The number of hydrogen-bond donors (Lipinski definition) is 2. The highest BCUT2D eigenvalue weighted by atomic mass is 16.1. The fraction of sp³-hybridized carbons (Fsp3) is 0.265. The first-order chi connectivity index (χ1) is 20.2. The third-order valence-corrected chi connectivity index (χ3v) is 8.65. The van der Waals surface area contributed by atoms with Crippen LogP contribution in [-0.4, -0.2) is 63.3 Å². The van der Waals surface area contributed by atoms with Gasteiger partial charge in [0.05, 0.1) is 11.9 Å². The van der Waals surface area contributed by atoms with Gasteiger partial charge in [-0.25, -0.2) is 4.98 Å². The smallest absolute Gasteiger partial charge is 0.247 e. The summed E-state index contributed by atoms with van der Waals surface area (Å²) in [6, 6.07) is 17.7. The lowest BCUT2D eigenvalue weighted by molar-refractivity contribution is -0.111. The van der Waals surface area contributed by atoms with Gasteiger partial charge in [0.2, 0.25) is 5.91 Å². The maximum atomic E-state index is 12.2. The maximum Gasteiger partial charge on any atom is 0.247 e. The second-order valence-electron chi connectivity index (χ2n) is 11.3. The number of piperazine rings is 1. The third-order valence-electron chi connectivity index (χ3n) is 8.65. The molecule has 0 spiro atoms. The Balaban J connectivity index is 1.49. The van der Waals surface area contributed by atoms with Crippen LogP contribution in [0.4, 0.5) is 11.4 Å². The molecule has 8 nitrogen and oxygen atoms in total. The van der Waals surface area contributed by atoms with Crippen LogP contribution in [0.15, 0.2) is 73.6 Å². The molecule has 5 aromatic rings. The molecule has 1 atom stereocenters. The van der Waals surface area contributed by atoms with Gasteiger partial charge in [0.15, 0.2) is 0 Å². The molecule has 42 heavy (non-hydrogen) atoms. The van der Waals surface area contributed by atoms with Crippen molar-refractivity contribution < 1.29 is 4.79 Å². The first kappa shape index (κ1) is 27.5. The molecule has 0 bridgehead atoms. The number of hydrogen-bond acceptors (Lipinski definition) is 5. The van der Waals surface area contributed by atoms with Gasteiger partial charge >= 0.3 is 0 Å². The van der Waals surface area contributed by atoms with Crippen molar-refractivity contribution in [2.24, 2.45) is 7.05 Å². The van der Waals surface area contributed by atoms with E-state index in [0.29, 0.717) is 6.04 Å². The Morgan fingerprint density at radius 2 is 1.79 bits per heavy atom. The Hall–Kier alpha value is -4.69. The van der Waals surface area contributed by atoms with Crippen LogP contribution in [0.25, 0.3) is 44.5 Å². The summed E-state index contributed by atoms with van der Waals surface area (Å²) in [6.45, 7) is 13.0. The Kier molecular flexibility index (Phi) is 7.16. The summed E-state index contributed by atoms with van der Waals surface area (Å²) in [6.07, 6.45) is 5.08. The Morgan fingerprint density at radius 3 is 2.48 bits per heavy atom. The van der Waals surface area contributed by atoms with Crippen molar-refractivity contribution in [1.29, 1.82) is 0 Å². The number of nitrogens with zero attached hydrogens (tertiary/aromatic N) is 5. The van der Waals surface area contributed by atoms with E-state index in [1.165, 1.54) is 11.8 Å². The first-order valence-corrected chi connectivity index (χ1v) is 14.3. The summed E-state index contributed by atoms with van der Waals surface area (Å²) in [5.74, 6) is -0.237. The highest BCUT2D eigenvalue weighted by Crippen LogP contribution is 2.41. The summed E-state index contributed by atoms with van der Waals surface area (Å²) in [5, 5.41) is 8.42. The number of likely N-dealkylation sites (N-methyl/N-ethyl adjacent to an activating group) is 1. The second-order valence-corrected chi connectivity index (χ2v) is 11.3. The van der Waals surface area contributed by atoms with Crippen LogP contribution in [0, 0.1) is 13.8 Å². The predicted molar refractivity (Wildman–Crippen MR) is 172 cm³/mol. The quantitative estimate of drug-likeness (QED) is 0.243. The molecule has 1 aliphatic heterocycles. The normalized spacial score (nSPS) is 15.7. The average molecular weight is 560 g/mol. The van der Waals surface area contributed by atoms with Crippen molar-refractivity contribution in [3.63, 3.8) is 0 Å². The van der Waals surface area contributed by atoms with Crippen molar-refractivity contribution in [3.05, 3.63) is 84.8 Å². The second kappa shape index (κ2) is 10.9. The molecule has 1 fully saturated rings. The highest BCUT2D eigenvalue weighted by molar-refractivity contribution is 6.05. The van der Waals surface area contributed by atoms with E-state index < -0.39 is 0 Å². The van der Waals surface area contributed by atoms with Gasteiger partial charge in [0.25, 0.3) is 0 Å². The number of anilines is 2. The minimum Gasteiger partial charge on any atom is -0.369 e. The van der Waals surface area contributed by atoms with Crippen LogP contribution in [0.3, 0.4) is 0 Å². The van der Waals surface area contributed by atoms with Gasteiger partial charge in [-0.05, 0) is 74.9 Å². The lowest BCUT2D eigenvalue weighted by Crippen LogP contribution is -2.50. The predicted octanol–water partition coefficient (Wildman–Crippen LogP) is 6.18. The van der Waals surface area contributed by atoms with Crippen molar-refractivity contribution in [2.75, 3.05) is 36.9 Å². The summed E-state index contributed by atoms with van der Waals surface area (Å²) in [4.78, 5) is 25.6. The monoisotopic (exact) mass is 559 g/mol. The lowest BCUT2D eigenvalue weighted by Gasteiger charge is -2.39. The molecule has 0 radical (unpaired) electrons. The molecule has 2 N–H and O–H groups in total. The van der Waals surface area contributed by atoms with E-state index in [9.17, 15) is 4.79 Å². The number of H-pyrrole nitrogens is 1. The zero-order valence-electron chi connectivity index (χ0n) is 24.9. The third kappa shape index (κ3) is 4.99. The largest absolute Gasteiger partial charge is 0.369 e. The van der Waals surface area contributed by atoms with Gasteiger partial charge in [0.1, 0.15) is 5.65 Å². The highest BCUT2D eigenvalue weighted by Gasteiger charge is 2.22. The van der Waals surface area contributed by atoms with Gasteiger partial charge in [-0.15, -0.1) is 0 Å². The summed E-state index contributed by atoms with van der Waals surface area (Å²) < 4.78 is 1.88. The number of nitrogens with one attached hydrogen (secondary N) is 2. The zero-order valence-corrected chi connectivity index (χ0v) is 24.9. The maximum absolute atomic E-state index is 12.2. The molecule has 3 aromatic heterocycles. The van der Waals surface area contributed by atoms with Crippen LogP contribution >= 0.6 is 0 Å². The van der Waals surface area contributed by atoms with Crippen molar-refractivity contribution in [2.45, 2.75) is 26.8 Å². The van der Waals surface area contributed by atoms with Gasteiger partial charge in [-0.1, -0.05) is 30.8 Å². The van der Waals surface area contributed by atoms with Crippen LogP contribution in [0.2, 0.25) is 0 Å². The van der Waals surface area contributed by atoms with Crippen molar-refractivity contribution in [3.8, 4) is 33.5 Å². The van der Waals surface area contributed by atoms with Crippen LogP contribution in [0.1, 0.15) is 18.2 Å². The van der Waals surface area contributed by atoms with E-state index in [-0.39, 0.29) is 5.91 Å². The van der Waals surface area contributed by atoms with E-state index >= 15 is 0 Å². The zero-order chi connectivity index (χ0) is 29.5. The average Bonchev–Trinajstić information content (AvgIpc) is 3.54. The van der Waals surface area contributed by atoms with Gasteiger partial charge < -0.3 is 20.1 Å². The molecule has 6 rings (SSSR count). The molecule has 1 aliphatic rings. The van der Waals surface area contributed by atoms with Crippen LogP contribution < -0.4 is 10.2 Å². The Morgan fingerprint density at radius 1 is 1.02 bits per heavy atom. The summed E-state index contributed by atoms with van der Waals surface area (Å²) in [7, 11) is 4.14. The minimum absolute atomic E-state index is 0.237. The lowest BCUT2D eigenvalue weighted by atomic mass is 9.96. The van der Waals surface area contributed by atoms with E-state index in [0.717, 1.165) is 81.1 Å². The molecule has 0 aliphatic carbocycles. The fourth-order valence-corrected chi connectivity index (χ4v) is 5.73. The molecule has 214 valence electrons. The van der Waals surface area contributed by atoms with Gasteiger partial charge in [0, 0.05) is 78.1 Å². The van der Waals surface area contributed by atoms with E-state index in [1.54, 1.807) is 0 Å². The molecule has 0 saturated carbocycles. The number of benzene rings is 2. The number of fused-ring (bicyclic) bond motifs is 1. The number of carbonyl (C=O) groups excluding carboxylic acids is 1. The molecule has 1 amide bonds. The number of carbonyl (C=O) groups is 1. The van der Waals surface area contributed by atoms with Crippen molar-refractivity contribution in [1.82, 2.24) is 24.6 Å². The number of aromatic nitrogens is 4. The summed E-state index contributed by atoms with van der Waals surface area (Å²) in [5.41, 5.74) is 11.0.